The van der Waals surface area contributed by atoms with Gasteiger partial charge in [-0.25, -0.2) is 0 Å². The van der Waals surface area contributed by atoms with E-state index < -0.39 is 0 Å². The second kappa shape index (κ2) is 5.54. The van der Waals surface area contributed by atoms with E-state index in [1.807, 2.05) is 13.0 Å². The topological polar surface area (TPSA) is 35.2 Å². The summed E-state index contributed by atoms with van der Waals surface area (Å²) in [6, 6.07) is 8.75. The van der Waals surface area contributed by atoms with Crippen molar-refractivity contribution in [3.63, 3.8) is 0 Å². The fourth-order valence-corrected chi connectivity index (χ4v) is 2.79. The van der Waals surface area contributed by atoms with Crippen LogP contribution in [0.25, 0.3) is 0 Å². The van der Waals surface area contributed by atoms with Crippen molar-refractivity contribution in [3.05, 3.63) is 29.8 Å². The van der Waals surface area contributed by atoms with Gasteiger partial charge in [-0.15, -0.1) is 0 Å². The molecule has 1 fully saturated rings. The maximum atomic E-state index is 6.26. The van der Waals surface area contributed by atoms with Crippen molar-refractivity contribution >= 4 is 0 Å². The van der Waals surface area contributed by atoms with Crippen LogP contribution in [-0.2, 0) is 0 Å². The summed E-state index contributed by atoms with van der Waals surface area (Å²) in [5.41, 5.74) is 7.60. The van der Waals surface area contributed by atoms with Gasteiger partial charge in [0.2, 0.25) is 0 Å². The monoisotopic (exact) mass is 233 g/mol. The van der Waals surface area contributed by atoms with E-state index >= 15 is 0 Å². The number of hydrogen-bond acceptors (Lipinski definition) is 2. The molecule has 0 bridgehead atoms. The maximum Gasteiger partial charge on any atom is 0.119 e. The van der Waals surface area contributed by atoms with Gasteiger partial charge in [-0.2, -0.15) is 0 Å². The third-order valence-corrected chi connectivity index (χ3v) is 3.76. The van der Waals surface area contributed by atoms with Crippen molar-refractivity contribution in [1.29, 1.82) is 0 Å². The first-order valence-electron chi connectivity index (χ1n) is 6.69. The van der Waals surface area contributed by atoms with E-state index in [2.05, 4.69) is 25.1 Å². The summed E-state index contributed by atoms with van der Waals surface area (Å²) in [5, 5.41) is 0. The molecular weight excluding hydrogens is 210 g/mol. The Kier molecular flexibility index (Phi) is 4.06. The lowest BCUT2D eigenvalue weighted by atomic mass is 9.76. The van der Waals surface area contributed by atoms with Crippen molar-refractivity contribution in [2.45, 2.75) is 45.1 Å². The SMILES string of the molecule is CCOc1cccc(C2CC(C)CCC2N)c1. The zero-order chi connectivity index (χ0) is 12.3. The van der Waals surface area contributed by atoms with Crippen LogP contribution in [0.5, 0.6) is 5.75 Å². The summed E-state index contributed by atoms with van der Waals surface area (Å²) in [5.74, 6) is 2.25. The predicted octanol–water partition coefficient (Wildman–Crippen LogP) is 3.32. The van der Waals surface area contributed by atoms with Crippen LogP contribution in [0, 0.1) is 5.92 Å². The molecule has 0 aliphatic heterocycles. The van der Waals surface area contributed by atoms with Crippen LogP contribution < -0.4 is 10.5 Å². The van der Waals surface area contributed by atoms with Crippen LogP contribution in [0.4, 0.5) is 0 Å². The highest BCUT2D eigenvalue weighted by Crippen LogP contribution is 2.36. The van der Waals surface area contributed by atoms with Crippen molar-refractivity contribution in [1.82, 2.24) is 0 Å². The molecule has 2 rings (SSSR count). The van der Waals surface area contributed by atoms with E-state index in [9.17, 15) is 0 Å². The fraction of sp³-hybridized carbons (Fsp3) is 0.600. The second-order valence-electron chi connectivity index (χ2n) is 5.19. The maximum absolute atomic E-state index is 6.26. The second-order valence-corrected chi connectivity index (χ2v) is 5.19. The van der Waals surface area contributed by atoms with Crippen LogP contribution in [0.3, 0.4) is 0 Å². The predicted molar refractivity (Wildman–Crippen MR) is 71.3 cm³/mol. The highest BCUT2D eigenvalue weighted by atomic mass is 16.5. The van der Waals surface area contributed by atoms with E-state index in [1.165, 1.54) is 18.4 Å². The third-order valence-electron chi connectivity index (χ3n) is 3.76. The molecule has 1 saturated carbocycles. The molecule has 17 heavy (non-hydrogen) atoms. The van der Waals surface area contributed by atoms with Crippen LogP contribution >= 0.6 is 0 Å². The Morgan fingerprint density at radius 2 is 2.18 bits per heavy atom. The largest absolute Gasteiger partial charge is 0.494 e. The van der Waals surface area contributed by atoms with Crippen molar-refractivity contribution in [2.24, 2.45) is 11.7 Å². The van der Waals surface area contributed by atoms with E-state index in [4.69, 9.17) is 10.5 Å². The van der Waals surface area contributed by atoms with Crippen molar-refractivity contribution < 1.29 is 4.74 Å². The van der Waals surface area contributed by atoms with Gasteiger partial charge >= 0.3 is 0 Å². The zero-order valence-corrected chi connectivity index (χ0v) is 10.9. The highest BCUT2D eigenvalue weighted by Gasteiger charge is 2.27. The lowest BCUT2D eigenvalue weighted by molar-refractivity contribution is 0.304. The normalized spacial score (nSPS) is 29.0. The molecule has 2 heteroatoms. The van der Waals surface area contributed by atoms with Gasteiger partial charge in [0.05, 0.1) is 6.61 Å². The van der Waals surface area contributed by atoms with Gasteiger partial charge in [0.15, 0.2) is 0 Å². The molecule has 94 valence electrons. The summed E-state index contributed by atoms with van der Waals surface area (Å²) in [6.45, 7) is 5.06. The minimum Gasteiger partial charge on any atom is -0.494 e. The summed E-state index contributed by atoms with van der Waals surface area (Å²) in [7, 11) is 0. The summed E-state index contributed by atoms with van der Waals surface area (Å²) in [6.07, 6.45) is 3.62. The van der Waals surface area contributed by atoms with Gasteiger partial charge in [0.1, 0.15) is 5.75 Å². The van der Waals surface area contributed by atoms with Gasteiger partial charge in [-0.3, -0.25) is 0 Å². The van der Waals surface area contributed by atoms with Crippen LogP contribution in [0.1, 0.15) is 44.6 Å². The molecular formula is C15H23NO. The Morgan fingerprint density at radius 1 is 1.35 bits per heavy atom. The standard InChI is InChI=1S/C15H23NO/c1-3-17-13-6-4-5-12(10-13)14-9-11(2)7-8-15(14)16/h4-6,10-11,14-15H,3,7-9,16H2,1-2H3. The smallest absolute Gasteiger partial charge is 0.119 e. The number of ether oxygens (including phenoxy) is 1. The van der Waals surface area contributed by atoms with Gasteiger partial charge in [0, 0.05) is 6.04 Å². The first-order chi connectivity index (χ1) is 8.20. The Hall–Kier alpha value is -1.02. The van der Waals surface area contributed by atoms with Crippen molar-refractivity contribution in [3.8, 4) is 5.75 Å². The lowest BCUT2D eigenvalue weighted by Crippen LogP contribution is -2.33. The van der Waals surface area contributed by atoms with Gasteiger partial charge in [-0.1, -0.05) is 19.1 Å². The van der Waals surface area contributed by atoms with E-state index in [-0.39, 0.29) is 0 Å². The van der Waals surface area contributed by atoms with Crippen LogP contribution in [0.15, 0.2) is 24.3 Å². The third kappa shape index (κ3) is 3.01. The Morgan fingerprint density at radius 3 is 2.94 bits per heavy atom. The Bertz CT molecular complexity index is 364. The molecule has 0 radical (unpaired) electrons. The average Bonchev–Trinajstić information content (AvgIpc) is 2.33. The van der Waals surface area contributed by atoms with E-state index in [1.54, 1.807) is 0 Å². The molecule has 1 aromatic rings. The molecule has 2 N–H and O–H groups in total. The lowest BCUT2D eigenvalue weighted by Gasteiger charge is -2.33. The quantitative estimate of drug-likeness (QED) is 0.869. The van der Waals surface area contributed by atoms with Crippen LogP contribution in [0.2, 0.25) is 0 Å². The van der Waals surface area contributed by atoms with Gasteiger partial charge in [-0.05, 0) is 55.7 Å². The first-order valence-corrected chi connectivity index (χ1v) is 6.69. The molecule has 2 nitrogen and oxygen atoms in total. The molecule has 1 aliphatic carbocycles. The summed E-state index contributed by atoms with van der Waals surface area (Å²) >= 11 is 0. The number of hydrogen-bond donors (Lipinski definition) is 1. The number of benzene rings is 1. The van der Waals surface area contributed by atoms with Crippen molar-refractivity contribution in [2.75, 3.05) is 6.61 Å². The first kappa shape index (κ1) is 12.4. The molecule has 1 aliphatic rings. The summed E-state index contributed by atoms with van der Waals surface area (Å²) in [4.78, 5) is 0. The Labute approximate surface area is 104 Å². The minimum absolute atomic E-state index is 0.308. The molecule has 1 aromatic carbocycles. The van der Waals surface area contributed by atoms with Gasteiger partial charge < -0.3 is 10.5 Å². The van der Waals surface area contributed by atoms with Crippen LogP contribution in [-0.4, -0.2) is 12.6 Å². The summed E-state index contributed by atoms with van der Waals surface area (Å²) < 4.78 is 5.56. The molecule has 0 heterocycles. The molecule has 0 spiro atoms. The Balaban J connectivity index is 2.16. The number of rotatable bonds is 3. The number of nitrogens with two attached hydrogens (primary N) is 1. The molecule has 3 unspecified atom stereocenters. The molecule has 0 saturated heterocycles. The molecule has 0 amide bonds. The van der Waals surface area contributed by atoms with E-state index in [0.29, 0.717) is 12.0 Å². The molecule has 3 atom stereocenters. The minimum atomic E-state index is 0.308. The average molecular weight is 233 g/mol. The highest BCUT2D eigenvalue weighted by molar-refractivity contribution is 5.32. The zero-order valence-electron chi connectivity index (χ0n) is 10.9. The molecule has 0 aromatic heterocycles. The fourth-order valence-electron chi connectivity index (χ4n) is 2.79. The van der Waals surface area contributed by atoms with E-state index in [0.717, 1.165) is 24.7 Å². The van der Waals surface area contributed by atoms with Gasteiger partial charge in [0.25, 0.3) is 0 Å².